The zero-order valence-electron chi connectivity index (χ0n) is 14.9. The van der Waals surface area contributed by atoms with Crippen LogP contribution in [-0.2, 0) is 6.54 Å². The Kier molecular flexibility index (Phi) is 5.51. The van der Waals surface area contributed by atoms with Crippen molar-refractivity contribution in [3.63, 3.8) is 0 Å². The van der Waals surface area contributed by atoms with Crippen LogP contribution in [0.3, 0.4) is 0 Å². The molecule has 0 aromatic heterocycles. The van der Waals surface area contributed by atoms with Gasteiger partial charge in [0.2, 0.25) is 0 Å². The Bertz CT molecular complexity index is 1000. The molecule has 0 unspecified atom stereocenters. The zero-order valence-corrected chi connectivity index (χ0v) is 16.4. The van der Waals surface area contributed by atoms with Crippen LogP contribution < -0.4 is 10.6 Å². The summed E-state index contributed by atoms with van der Waals surface area (Å²) in [5.74, 6) is 0.432. The van der Waals surface area contributed by atoms with E-state index in [1.54, 1.807) is 12.1 Å². The predicted molar refractivity (Wildman–Crippen MR) is 112 cm³/mol. The van der Waals surface area contributed by atoms with E-state index in [1.165, 1.54) is 12.1 Å². The van der Waals surface area contributed by atoms with Crippen molar-refractivity contribution < 1.29 is 4.39 Å². The van der Waals surface area contributed by atoms with E-state index in [0.717, 1.165) is 16.7 Å². The molecular formula is C22H18Cl2FN3. The minimum Gasteiger partial charge on any atom is -0.352 e. The molecule has 0 spiro atoms. The Labute approximate surface area is 173 Å². The molecule has 0 saturated carbocycles. The van der Waals surface area contributed by atoms with Gasteiger partial charge in [0.1, 0.15) is 11.9 Å². The highest BCUT2D eigenvalue weighted by Crippen LogP contribution is 2.37. The number of benzene rings is 3. The van der Waals surface area contributed by atoms with Crippen LogP contribution in [0.2, 0.25) is 10.0 Å². The molecule has 0 fully saturated rings. The first-order valence-corrected chi connectivity index (χ1v) is 9.68. The standard InChI is InChI=1S/C22H18Cl2FN3/c23-17-5-1-3-15(11-17)20-21(16-4-2-6-18(24)12-16)28-22(27-20)26-13-14-7-9-19(25)10-8-14/h1-12,20-21H,13H2,(H2,26,27,28)/t20-,21+. The van der Waals surface area contributed by atoms with Crippen molar-refractivity contribution in [2.75, 3.05) is 0 Å². The van der Waals surface area contributed by atoms with Crippen LogP contribution in [0, 0.1) is 5.82 Å². The van der Waals surface area contributed by atoms with E-state index >= 15 is 0 Å². The number of nitrogens with one attached hydrogen (secondary N) is 2. The summed E-state index contributed by atoms with van der Waals surface area (Å²) in [6, 6.07) is 21.6. The van der Waals surface area contributed by atoms with E-state index in [1.807, 2.05) is 48.5 Å². The number of aliphatic imine (C=N–C) groups is 1. The van der Waals surface area contributed by atoms with Gasteiger partial charge in [0, 0.05) is 16.6 Å². The Balaban J connectivity index is 1.59. The third-order valence-electron chi connectivity index (χ3n) is 4.65. The SMILES string of the molecule is Fc1ccc(CNC2=N[C@@H](c3cccc(Cl)c3)[C@@H](c3cccc(Cl)c3)N2)cc1. The Morgan fingerprint density at radius 2 is 1.54 bits per heavy atom. The van der Waals surface area contributed by atoms with E-state index in [4.69, 9.17) is 28.2 Å². The van der Waals surface area contributed by atoms with Crippen LogP contribution in [0.4, 0.5) is 4.39 Å². The zero-order chi connectivity index (χ0) is 19.5. The Morgan fingerprint density at radius 3 is 2.21 bits per heavy atom. The van der Waals surface area contributed by atoms with Gasteiger partial charge in [-0.2, -0.15) is 0 Å². The summed E-state index contributed by atoms with van der Waals surface area (Å²) in [6.45, 7) is 0.538. The van der Waals surface area contributed by atoms with Crippen molar-refractivity contribution >= 4 is 29.2 Å². The van der Waals surface area contributed by atoms with Crippen LogP contribution in [0.5, 0.6) is 0 Å². The van der Waals surface area contributed by atoms with Crippen LogP contribution in [0.25, 0.3) is 0 Å². The highest BCUT2D eigenvalue weighted by molar-refractivity contribution is 6.30. The number of rotatable bonds is 4. The van der Waals surface area contributed by atoms with Gasteiger partial charge in [0.25, 0.3) is 0 Å². The molecule has 1 aliphatic rings. The van der Waals surface area contributed by atoms with Gasteiger partial charge in [-0.05, 0) is 53.1 Å². The first-order valence-electron chi connectivity index (χ1n) is 8.92. The third kappa shape index (κ3) is 4.29. The maximum atomic E-state index is 13.1. The molecule has 2 N–H and O–H groups in total. The normalized spacial score (nSPS) is 18.5. The van der Waals surface area contributed by atoms with Gasteiger partial charge >= 0.3 is 0 Å². The molecule has 3 aromatic rings. The van der Waals surface area contributed by atoms with E-state index in [0.29, 0.717) is 22.5 Å². The summed E-state index contributed by atoms with van der Waals surface area (Å²) >= 11 is 12.4. The fourth-order valence-corrected chi connectivity index (χ4v) is 3.68. The lowest BCUT2D eigenvalue weighted by Crippen LogP contribution is -2.35. The van der Waals surface area contributed by atoms with Gasteiger partial charge in [0.15, 0.2) is 5.96 Å². The van der Waals surface area contributed by atoms with Crippen molar-refractivity contribution in [2.24, 2.45) is 4.99 Å². The second-order valence-corrected chi connectivity index (χ2v) is 7.51. The minimum absolute atomic E-state index is 0.0760. The molecule has 4 rings (SSSR count). The fraction of sp³-hybridized carbons (Fsp3) is 0.136. The number of nitrogens with zero attached hydrogens (tertiary/aromatic N) is 1. The molecule has 6 heteroatoms. The van der Waals surface area contributed by atoms with E-state index < -0.39 is 0 Å². The highest BCUT2D eigenvalue weighted by Gasteiger charge is 2.31. The van der Waals surface area contributed by atoms with Crippen molar-refractivity contribution in [3.05, 3.63) is 105 Å². The van der Waals surface area contributed by atoms with E-state index in [2.05, 4.69) is 10.6 Å². The Morgan fingerprint density at radius 1 is 0.893 bits per heavy atom. The van der Waals surface area contributed by atoms with Crippen molar-refractivity contribution in [3.8, 4) is 0 Å². The van der Waals surface area contributed by atoms with Gasteiger partial charge in [0.05, 0.1) is 6.04 Å². The monoisotopic (exact) mass is 413 g/mol. The lowest BCUT2D eigenvalue weighted by molar-refractivity contribution is 0.570. The lowest BCUT2D eigenvalue weighted by Gasteiger charge is -2.20. The second-order valence-electron chi connectivity index (χ2n) is 6.63. The van der Waals surface area contributed by atoms with Gasteiger partial charge in [-0.15, -0.1) is 0 Å². The average molecular weight is 414 g/mol. The molecule has 142 valence electrons. The summed E-state index contributed by atoms with van der Waals surface area (Å²) in [4.78, 5) is 4.84. The highest BCUT2D eigenvalue weighted by atomic mass is 35.5. The van der Waals surface area contributed by atoms with E-state index in [9.17, 15) is 4.39 Å². The molecule has 0 amide bonds. The topological polar surface area (TPSA) is 36.4 Å². The molecule has 1 heterocycles. The quantitative estimate of drug-likeness (QED) is 0.578. The van der Waals surface area contributed by atoms with Crippen LogP contribution in [-0.4, -0.2) is 5.96 Å². The van der Waals surface area contributed by atoms with Gasteiger partial charge in [-0.3, -0.25) is 0 Å². The van der Waals surface area contributed by atoms with Gasteiger partial charge in [-0.1, -0.05) is 59.6 Å². The molecule has 2 atom stereocenters. The summed E-state index contributed by atoms with van der Waals surface area (Å²) in [5.41, 5.74) is 3.03. The number of hydrogen-bond acceptors (Lipinski definition) is 3. The second kappa shape index (κ2) is 8.21. The van der Waals surface area contributed by atoms with Crippen LogP contribution in [0.15, 0.2) is 77.8 Å². The summed E-state index contributed by atoms with van der Waals surface area (Å²) < 4.78 is 13.1. The van der Waals surface area contributed by atoms with E-state index in [-0.39, 0.29) is 17.9 Å². The maximum Gasteiger partial charge on any atom is 0.192 e. The largest absolute Gasteiger partial charge is 0.352 e. The lowest BCUT2D eigenvalue weighted by atomic mass is 9.95. The molecule has 1 aliphatic heterocycles. The molecule has 3 aromatic carbocycles. The summed E-state index contributed by atoms with van der Waals surface area (Å²) in [5, 5.41) is 8.09. The molecule has 0 radical (unpaired) electrons. The Hall–Kier alpha value is -2.56. The summed E-state index contributed by atoms with van der Waals surface area (Å²) in [6.07, 6.45) is 0. The first kappa shape index (κ1) is 18.8. The number of guanidine groups is 1. The maximum absolute atomic E-state index is 13.1. The van der Waals surface area contributed by atoms with Crippen molar-refractivity contribution in [1.29, 1.82) is 0 Å². The minimum atomic E-state index is -0.248. The van der Waals surface area contributed by atoms with Crippen LogP contribution >= 0.6 is 23.2 Å². The summed E-state index contributed by atoms with van der Waals surface area (Å²) in [7, 11) is 0. The molecule has 0 aliphatic carbocycles. The molecular weight excluding hydrogens is 396 g/mol. The van der Waals surface area contributed by atoms with Crippen molar-refractivity contribution in [1.82, 2.24) is 10.6 Å². The first-order chi connectivity index (χ1) is 13.6. The number of halogens is 3. The molecule has 0 bridgehead atoms. The fourth-order valence-electron chi connectivity index (χ4n) is 3.29. The third-order valence-corrected chi connectivity index (χ3v) is 5.12. The van der Waals surface area contributed by atoms with Crippen molar-refractivity contribution in [2.45, 2.75) is 18.6 Å². The predicted octanol–water partition coefficient (Wildman–Crippen LogP) is 5.66. The van der Waals surface area contributed by atoms with Crippen LogP contribution in [0.1, 0.15) is 28.8 Å². The molecule has 0 saturated heterocycles. The van der Waals surface area contributed by atoms with Gasteiger partial charge < -0.3 is 10.6 Å². The number of hydrogen-bond donors (Lipinski definition) is 2. The molecule has 3 nitrogen and oxygen atoms in total. The van der Waals surface area contributed by atoms with Gasteiger partial charge in [-0.25, -0.2) is 9.38 Å². The smallest absolute Gasteiger partial charge is 0.192 e. The average Bonchev–Trinajstić information content (AvgIpc) is 3.12. The molecule has 28 heavy (non-hydrogen) atoms.